The van der Waals surface area contributed by atoms with Gasteiger partial charge in [0.05, 0.1) is 64.4 Å². The molecular weight excluding hydrogens is 1490 g/mol. The van der Waals surface area contributed by atoms with Crippen molar-refractivity contribution in [2.75, 3.05) is 103 Å². The van der Waals surface area contributed by atoms with Gasteiger partial charge in [-0.2, -0.15) is 11.8 Å². The van der Waals surface area contributed by atoms with Crippen LogP contribution < -0.4 is 80.6 Å². The molecule has 42 heteroatoms. The first-order chi connectivity index (χ1) is 52.6. The molecule has 111 heavy (non-hydrogen) atoms. The molecule has 3 aromatic rings. The number of para-hydroxylation sites is 1. The third-order valence-electron chi connectivity index (χ3n) is 16.8. The summed E-state index contributed by atoms with van der Waals surface area (Å²) in [5, 5.41) is 54.1. The molecule has 40 nitrogen and oxygen atoms in total. The third kappa shape index (κ3) is 34.0. The Morgan fingerprint density at radius 2 is 1.28 bits per heavy atom. The average molecular weight is 1600 g/mol. The van der Waals surface area contributed by atoms with E-state index in [1.54, 1.807) is 58.4 Å². The van der Waals surface area contributed by atoms with Crippen molar-refractivity contribution in [2.24, 2.45) is 23.3 Å². The quantitative estimate of drug-likeness (QED) is 0.0184. The van der Waals surface area contributed by atoms with Gasteiger partial charge < -0.3 is 120 Å². The second kappa shape index (κ2) is 48.6. The fourth-order valence-corrected chi connectivity index (χ4v) is 12.4. The van der Waals surface area contributed by atoms with E-state index in [2.05, 4.69) is 84.1 Å². The lowest BCUT2D eigenvalue weighted by atomic mass is 10.0. The minimum Gasteiger partial charge on any atom is -0.394 e. The SMILES string of the molecule is CSCC[C@H](NC(=O)[C@H](CC(C)C)NC(=O)[C@H](Cc1cnc[nH]1)NC(=O)CNC(=O)[C@@H](NC(=O)[C@H](C)NC(=O)[C@H](Cc1c[nH]c2ccccc12)NC(=O)[C@H](CCC(N)=O)NC(=O)COCCOCCNC(=O)[C@@H]1CC(O)CN1C(=O)CNC(=O)[C@@H](CSCNC(C)=O)NC(=O)[C@@H](CO)NC(=O)CN(C)C)C(C)C)C(N)=O. The molecule has 0 bridgehead atoms. The highest BCUT2D eigenvalue weighted by molar-refractivity contribution is 7.99. The summed E-state index contributed by atoms with van der Waals surface area (Å²) in [7, 11) is 3.23. The molecule has 1 aliphatic rings. The van der Waals surface area contributed by atoms with E-state index in [-0.39, 0.29) is 101 Å². The number of aliphatic hydroxyl groups excluding tert-OH is 2. The third-order valence-corrected chi connectivity index (χ3v) is 18.4. The number of β-amino-alcohol motifs (C(OH)–C–C–N with tert-alkyl or cyclic N) is 1. The number of fused-ring (bicyclic) bond motifs is 1. The number of carbonyl (C=O) groups excluding carboxylic acids is 16. The Morgan fingerprint density at radius 3 is 1.93 bits per heavy atom. The number of carbonyl (C=O) groups is 16. The highest BCUT2D eigenvalue weighted by atomic mass is 32.2. The van der Waals surface area contributed by atoms with Crippen LogP contribution in [0.5, 0.6) is 0 Å². The summed E-state index contributed by atoms with van der Waals surface area (Å²) in [5.74, 6) is -12.5. The topological polar surface area (TPSA) is 591 Å². The fraction of sp³-hybridized carbons (Fsp3) is 0.609. The van der Waals surface area contributed by atoms with E-state index < -0.39 is 194 Å². The van der Waals surface area contributed by atoms with Crippen molar-refractivity contribution in [3.8, 4) is 0 Å². The first kappa shape index (κ1) is 93.4. The Bertz CT molecular complexity index is 3640. The fourth-order valence-electron chi connectivity index (χ4n) is 11.1. The minimum absolute atomic E-state index is 0.0504. The number of nitrogens with zero attached hydrogens (tertiary/aromatic N) is 3. The molecule has 0 radical (unpaired) electrons. The van der Waals surface area contributed by atoms with Crippen molar-refractivity contribution in [3.63, 3.8) is 0 Å². The predicted molar refractivity (Wildman–Crippen MR) is 406 cm³/mol. The van der Waals surface area contributed by atoms with Crippen LogP contribution in [0.1, 0.15) is 84.9 Å². The summed E-state index contributed by atoms with van der Waals surface area (Å²) in [6.45, 7) is 5.83. The molecule has 1 aliphatic heterocycles. The summed E-state index contributed by atoms with van der Waals surface area (Å²) >= 11 is 2.50. The highest BCUT2D eigenvalue weighted by Crippen LogP contribution is 2.21. The normalized spacial score (nSPS) is 15.7. The van der Waals surface area contributed by atoms with Crippen molar-refractivity contribution < 1.29 is 96.4 Å². The Morgan fingerprint density at radius 1 is 0.658 bits per heavy atom. The number of likely N-dealkylation sites (N-methyl/N-ethyl adjacent to an activating group) is 1. The molecule has 16 amide bonds. The lowest BCUT2D eigenvalue weighted by molar-refractivity contribution is -0.139. The second-order valence-corrected chi connectivity index (χ2v) is 29.3. The van der Waals surface area contributed by atoms with Gasteiger partial charge in [0.1, 0.15) is 67.0 Å². The zero-order valence-electron chi connectivity index (χ0n) is 63.7. The zero-order valence-corrected chi connectivity index (χ0v) is 65.4. The molecule has 4 rings (SSSR count). The minimum atomic E-state index is -1.48. The molecule has 11 atom stereocenters. The van der Waals surface area contributed by atoms with Gasteiger partial charge in [0, 0.05) is 80.4 Å². The number of hydrogen-bond donors (Lipinski definition) is 19. The molecule has 616 valence electrons. The van der Waals surface area contributed by atoms with Crippen molar-refractivity contribution in [1.82, 2.24) is 93.9 Å². The Hall–Kier alpha value is -10.0. The van der Waals surface area contributed by atoms with E-state index in [4.69, 9.17) is 20.9 Å². The molecular formula is C69H108N20O20S2. The van der Waals surface area contributed by atoms with Crippen molar-refractivity contribution >= 4 is 129 Å². The van der Waals surface area contributed by atoms with Gasteiger partial charge in [-0.15, -0.1) is 11.8 Å². The van der Waals surface area contributed by atoms with Gasteiger partial charge in [-0.05, 0) is 75.8 Å². The summed E-state index contributed by atoms with van der Waals surface area (Å²) < 4.78 is 11.0. The van der Waals surface area contributed by atoms with Gasteiger partial charge in [0.2, 0.25) is 94.5 Å². The van der Waals surface area contributed by atoms with Crippen molar-refractivity contribution in [1.29, 1.82) is 0 Å². The van der Waals surface area contributed by atoms with Gasteiger partial charge >= 0.3 is 0 Å². The smallest absolute Gasteiger partial charge is 0.246 e. The molecule has 1 fully saturated rings. The number of primary amides is 2. The van der Waals surface area contributed by atoms with E-state index in [1.807, 2.05) is 20.1 Å². The number of imidazole rings is 1. The number of nitrogens with two attached hydrogens (primary N) is 2. The molecule has 0 saturated carbocycles. The Balaban J connectivity index is 1.33. The van der Waals surface area contributed by atoms with E-state index in [1.165, 1.54) is 43.0 Å². The van der Waals surface area contributed by atoms with E-state index >= 15 is 0 Å². The summed E-state index contributed by atoms with van der Waals surface area (Å²) in [4.78, 5) is 225. The number of benzene rings is 1. The van der Waals surface area contributed by atoms with Crippen LogP contribution in [0, 0.1) is 11.8 Å². The number of aliphatic hydroxyl groups is 2. The number of hydrogen-bond acceptors (Lipinski definition) is 24. The maximum atomic E-state index is 14.4. The van der Waals surface area contributed by atoms with Crippen molar-refractivity contribution in [3.05, 3.63) is 54.2 Å². The molecule has 1 aromatic carbocycles. The predicted octanol–water partition coefficient (Wildman–Crippen LogP) is -7.01. The lowest BCUT2D eigenvalue weighted by Gasteiger charge is -2.26. The Labute approximate surface area is 650 Å². The molecule has 21 N–H and O–H groups in total. The van der Waals surface area contributed by atoms with Gasteiger partial charge in [0.15, 0.2) is 0 Å². The monoisotopic (exact) mass is 1600 g/mol. The zero-order chi connectivity index (χ0) is 82.4. The van der Waals surface area contributed by atoms with Crippen molar-refractivity contribution in [2.45, 2.75) is 153 Å². The first-order valence-corrected chi connectivity index (χ1v) is 38.5. The number of likely N-dealkylation sites (tertiary alicyclic amines) is 1. The molecule has 1 unspecified atom stereocenters. The van der Waals surface area contributed by atoms with E-state index in [9.17, 15) is 86.9 Å². The first-order valence-electron chi connectivity index (χ1n) is 35.9. The lowest BCUT2D eigenvalue weighted by Crippen LogP contribution is -2.59. The van der Waals surface area contributed by atoms with E-state index in [0.717, 1.165) is 16.7 Å². The number of H-pyrrole nitrogens is 2. The highest BCUT2D eigenvalue weighted by Gasteiger charge is 2.40. The van der Waals surface area contributed by atoms with Crippen LogP contribution in [0.25, 0.3) is 10.9 Å². The number of nitrogens with one attached hydrogen (secondary N) is 15. The summed E-state index contributed by atoms with van der Waals surface area (Å²) in [6, 6.07) is -5.93. The van der Waals surface area contributed by atoms with Gasteiger partial charge in [-0.1, -0.05) is 45.9 Å². The van der Waals surface area contributed by atoms with Gasteiger partial charge in [0.25, 0.3) is 0 Å². The van der Waals surface area contributed by atoms with Crippen LogP contribution in [0.2, 0.25) is 0 Å². The molecule has 1 saturated heterocycles. The van der Waals surface area contributed by atoms with Crippen LogP contribution in [-0.2, 0) is 99.0 Å². The molecule has 2 aromatic heterocycles. The number of thioether (sulfide) groups is 2. The standard InChI is InChI=1S/C69H108N20O20S2/c1-37(2)22-48(65(103)83-46(60(71)98)16-21-110-9)84-66(104)50(24-42-27-72-35-77-42)81-55(94)28-75-69(107)59(38(3)4)87-61(99)39(5)79-64(102)49(23-41-26-74-45-13-11-10-12-44(41)45)85-63(101)47(14-15-54(70)93)80-57(96)33-109-20-19-108-18-17-73-68(106)53-25-43(92)30-89(53)58(97)29-76-62(100)52(34-111-36-78-40(6)91)86-67(105)51(32-90)82-56(95)31-88(7)8/h10-13,26-27,35,37-39,43,46-53,59,74,90,92H,14-25,28-34,36H2,1-9H3,(H2,70,93)(H2,71,98)(H,72,77)(H,73,106)(H,75,107)(H,76,100)(H,78,91)(H,79,102)(H,80,96)(H,81,94)(H,82,95)(H,83,103)(H,84,104)(H,85,101)(H,86,105)(H,87,99)/t39-,43?,46-,47-,48-,49-,50-,51+,52+,53-,59-/m0/s1. The number of amides is 16. The average Bonchev–Trinajstić information content (AvgIpc) is 1.67. The Kier molecular flexibility index (Phi) is 40.9. The van der Waals surface area contributed by atoms with E-state index in [0.29, 0.717) is 27.9 Å². The maximum absolute atomic E-state index is 14.4. The van der Waals surface area contributed by atoms with Crippen LogP contribution in [0.3, 0.4) is 0 Å². The number of ether oxygens (including phenoxy) is 2. The summed E-state index contributed by atoms with van der Waals surface area (Å²) in [5.41, 5.74) is 12.7. The number of aromatic nitrogens is 3. The summed E-state index contributed by atoms with van der Waals surface area (Å²) in [6.07, 6.45) is 4.37. The van der Waals surface area contributed by atoms with Crippen LogP contribution in [-0.4, -0.2) is 299 Å². The largest absolute Gasteiger partial charge is 0.394 e. The van der Waals surface area contributed by atoms with Crippen LogP contribution >= 0.6 is 23.5 Å². The molecule has 3 heterocycles. The van der Waals surface area contributed by atoms with Crippen LogP contribution in [0.15, 0.2) is 43.0 Å². The number of aromatic amines is 2. The second-order valence-electron chi connectivity index (χ2n) is 27.2. The van der Waals surface area contributed by atoms with Gasteiger partial charge in [-0.25, -0.2) is 4.98 Å². The molecule has 0 spiro atoms. The molecule has 0 aliphatic carbocycles. The number of rotatable bonds is 51. The van der Waals surface area contributed by atoms with Crippen LogP contribution in [0.4, 0.5) is 0 Å². The maximum Gasteiger partial charge on any atom is 0.246 e. The van der Waals surface area contributed by atoms with Gasteiger partial charge in [-0.3, -0.25) is 76.7 Å².